The molecule has 0 bridgehead atoms. The van der Waals surface area contributed by atoms with Gasteiger partial charge in [0.1, 0.15) is 22.3 Å². The van der Waals surface area contributed by atoms with Gasteiger partial charge in [-0.3, -0.25) is 9.11 Å². The van der Waals surface area contributed by atoms with Gasteiger partial charge in [0, 0.05) is 40.6 Å². The van der Waals surface area contributed by atoms with E-state index < -0.39 is 31.7 Å². The summed E-state index contributed by atoms with van der Waals surface area (Å²) in [5.41, 5.74) is 4.81. The number of aryl methyl sites for hydroxylation is 1. The van der Waals surface area contributed by atoms with Crippen LogP contribution in [0.2, 0.25) is 0 Å². The van der Waals surface area contributed by atoms with Crippen LogP contribution in [0.25, 0.3) is 61.1 Å². The van der Waals surface area contributed by atoms with E-state index in [0.717, 1.165) is 32.7 Å². The van der Waals surface area contributed by atoms with Crippen LogP contribution in [-0.4, -0.2) is 44.0 Å². The van der Waals surface area contributed by atoms with Crippen molar-refractivity contribution in [1.82, 2.24) is 0 Å². The van der Waals surface area contributed by atoms with Gasteiger partial charge in [0.25, 0.3) is 25.8 Å². The van der Waals surface area contributed by atoms with Gasteiger partial charge in [0.05, 0.1) is 29.3 Å². The molecule has 0 fully saturated rings. The third-order valence-corrected chi connectivity index (χ3v) is 10.3. The van der Waals surface area contributed by atoms with Crippen LogP contribution in [-0.2, 0) is 26.8 Å². The number of benzene rings is 4. The Hall–Kier alpha value is -5.41. The largest absolute Gasteiger partial charge is 0.456 e. The summed E-state index contributed by atoms with van der Waals surface area (Å²) in [5.74, 6) is 0.700. The van der Waals surface area contributed by atoms with Gasteiger partial charge in [0.15, 0.2) is 12.3 Å². The number of ether oxygens (including phenoxy) is 1. The van der Waals surface area contributed by atoms with E-state index in [0.29, 0.717) is 45.5 Å². The topological polar surface area (TPSA) is 165 Å². The summed E-state index contributed by atoms with van der Waals surface area (Å²) in [6, 6.07) is 22.9. The molecule has 0 aliphatic carbocycles. The number of hydrogen-bond acceptors (Lipinski definition) is 9. The van der Waals surface area contributed by atoms with Crippen molar-refractivity contribution in [2.75, 3.05) is 23.0 Å². The Balaban J connectivity index is 1.09. The summed E-state index contributed by atoms with van der Waals surface area (Å²) in [6.07, 6.45) is 9.10. The summed E-state index contributed by atoms with van der Waals surface area (Å²) >= 11 is 0. The van der Waals surface area contributed by atoms with Gasteiger partial charge in [-0.15, -0.1) is 0 Å². The van der Waals surface area contributed by atoms with Crippen molar-refractivity contribution in [1.29, 1.82) is 0 Å². The lowest BCUT2D eigenvalue weighted by atomic mass is 10.1. The molecule has 12 nitrogen and oxygen atoms in total. The fraction of sp³-hybridized carbons (Fsp3) is 0.162. The normalized spacial score (nSPS) is 14.9. The first-order valence-electron chi connectivity index (χ1n) is 16.1. The average molecular weight is 728 g/mol. The number of furan rings is 2. The Morgan fingerprint density at radius 1 is 0.667 bits per heavy atom. The predicted octanol–water partition coefficient (Wildman–Crippen LogP) is 7.38. The molecule has 260 valence electrons. The van der Waals surface area contributed by atoms with Crippen molar-refractivity contribution in [2.45, 2.75) is 19.4 Å². The van der Waals surface area contributed by atoms with Gasteiger partial charge in [0.2, 0.25) is 11.5 Å². The Labute approximate surface area is 291 Å². The number of hydrogen-bond donors (Lipinski definition) is 2. The lowest BCUT2D eigenvalue weighted by Crippen LogP contribution is -2.36. The number of nitrogens with zero attached hydrogens (tertiary/aromatic N) is 2. The maximum absolute atomic E-state index is 11.5. The van der Waals surface area contributed by atoms with E-state index in [2.05, 4.69) is 0 Å². The molecule has 0 radical (unpaired) electrons. The number of rotatable bonds is 11. The van der Waals surface area contributed by atoms with E-state index in [1.165, 1.54) is 0 Å². The van der Waals surface area contributed by atoms with E-state index in [9.17, 15) is 25.9 Å². The van der Waals surface area contributed by atoms with Crippen molar-refractivity contribution < 1.29 is 48.5 Å². The first kappa shape index (κ1) is 32.8. The van der Waals surface area contributed by atoms with Crippen LogP contribution in [0.4, 0.5) is 5.69 Å². The van der Waals surface area contributed by atoms with Crippen LogP contribution >= 0.6 is 0 Å². The van der Waals surface area contributed by atoms with Crippen molar-refractivity contribution in [3.8, 4) is 5.75 Å². The fourth-order valence-electron chi connectivity index (χ4n) is 6.50. The molecule has 4 aromatic carbocycles. The quantitative estimate of drug-likeness (QED) is 0.0776. The second kappa shape index (κ2) is 12.7. The number of aromatic nitrogens is 1. The number of anilines is 1. The molecule has 2 N–H and O–H groups in total. The average Bonchev–Trinajstić information content (AvgIpc) is 3.82. The highest BCUT2D eigenvalue weighted by Gasteiger charge is 2.28. The predicted molar refractivity (Wildman–Crippen MR) is 194 cm³/mol. The standard InChI is InChI=1S/C37H30N2O10S2/c40-50(41,42)18-8-16-38-28-22-32-26(24-10-4-6-12-30(24)46-32)20-34(28)48-36(38)14-2-1-3-15-37-39(17-9-19-51(43,44)45)29-23-33-27(21-35(29)49-37)25-11-5-7-13-31(25)47-33/h1-7,10-15,20-23H,8-9,16-19H2,(H-,40,41,42,43,44,45)/p+1. The van der Waals surface area contributed by atoms with Gasteiger partial charge < -0.3 is 22.9 Å². The highest BCUT2D eigenvalue weighted by atomic mass is 32.2. The third-order valence-electron chi connectivity index (χ3n) is 8.73. The molecule has 7 aromatic rings. The maximum Gasteiger partial charge on any atom is 0.374 e. The van der Waals surface area contributed by atoms with Gasteiger partial charge in [-0.25, -0.2) is 0 Å². The maximum atomic E-state index is 11.5. The first-order chi connectivity index (χ1) is 24.5. The Kier molecular flexibility index (Phi) is 8.18. The molecule has 0 saturated heterocycles. The van der Waals surface area contributed by atoms with Gasteiger partial charge >= 0.3 is 5.89 Å². The number of para-hydroxylation sites is 2. The molecule has 1 aliphatic heterocycles. The second-order valence-corrected chi connectivity index (χ2v) is 15.3. The van der Waals surface area contributed by atoms with Crippen LogP contribution in [0.3, 0.4) is 0 Å². The van der Waals surface area contributed by atoms with Crippen molar-refractivity contribution in [3.05, 3.63) is 109 Å². The molecular weight excluding hydrogens is 697 g/mol. The van der Waals surface area contributed by atoms with E-state index >= 15 is 0 Å². The zero-order chi connectivity index (χ0) is 35.3. The molecule has 0 amide bonds. The number of fused-ring (bicyclic) bond motifs is 8. The zero-order valence-electron chi connectivity index (χ0n) is 26.9. The minimum atomic E-state index is -4.15. The molecule has 8 rings (SSSR count). The number of oxazole rings is 1. The summed E-state index contributed by atoms with van der Waals surface area (Å²) in [5, 5.41) is 3.67. The fourth-order valence-corrected chi connectivity index (χ4v) is 7.49. The summed E-state index contributed by atoms with van der Waals surface area (Å²) in [4.78, 5) is 1.84. The molecule has 0 atom stereocenters. The molecule has 3 aromatic heterocycles. The smallest absolute Gasteiger partial charge is 0.374 e. The molecule has 51 heavy (non-hydrogen) atoms. The highest BCUT2D eigenvalue weighted by molar-refractivity contribution is 7.86. The van der Waals surface area contributed by atoms with Gasteiger partial charge in [-0.1, -0.05) is 54.6 Å². The van der Waals surface area contributed by atoms with Crippen LogP contribution < -0.4 is 14.2 Å². The van der Waals surface area contributed by atoms with E-state index in [1.54, 1.807) is 30.4 Å². The first-order valence-corrected chi connectivity index (χ1v) is 19.4. The molecule has 1 aliphatic rings. The SMILES string of the molecule is O=S(=O)(O)CCCN1C(=CC=CC=Cc2oc3cc4c(cc3[n+]2CCCS(=O)(=O)O)oc2ccccc24)Oc2cc3c(cc21)oc1ccccc13. The molecule has 4 heterocycles. The Bertz CT molecular complexity index is 2810. The Morgan fingerprint density at radius 3 is 2.02 bits per heavy atom. The van der Waals surface area contributed by atoms with Crippen LogP contribution in [0.1, 0.15) is 18.7 Å². The third kappa shape index (κ3) is 6.61. The van der Waals surface area contributed by atoms with E-state index in [-0.39, 0.29) is 25.9 Å². The zero-order valence-corrected chi connectivity index (χ0v) is 28.6. The monoisotopic (exact) mass is 727 g/mol. The molecule has 0 spiro atoms. The molecule has 0 unspecified atom stereocenters. The highest BCUT2D eigenvalue weighted by Crippen LogP contribution is 2.44. The summed E-state index contributed by atoms with van der Waals surface area (Å²) in [7, 11) is -8.29. The second-order valence-electron chi connectivity index (χ2n) is 12.2. The van der Waals surface area contributed by atoms with Gasteiger partial charge in [-0.2, -0.15) is 21.4 Å². The number of allylic oxidation sites excluding steroid dienone is 4. The van der Waals surface area contributed by atoms with Crippen LogP contribution in [0.5, 0.6) is 5.75 Å². The lowest BCUT2D eigenvalue weighted by molar-refractivity contribution is -0.677. The molecule has 14 heteroatoms. The van der Waals surface area contributed by atoms with E-state index in [1.807, 2.05) is 82.3 Å². The summed E-state index contributed by atoms with van der Waals surface area (Å²) < 4.78 is 90.9. The van der Waals surface area contributed by atoms with Crippen molar-refractivity contribution in [3.63, 3.8) is 0 Å². The van der Waals surface area contributed by atoms with Crippen LogP contribution in [0.15, 0.2) is 116 Å². The lowest BCUT2D eigenvalue weighted by Gasteiger charge is -2.17. The minimum Gasteiger partial charge on any atom is -0.456 e. The van der Waals surface area contributed by atoms with Crippen LogP contribution in [0, 0.1) is 0 Å². The molecular formula is C37H31N2O10S2+. The molecule has 0 saturated carbocycles. The van der Waals surface area contributed by atoms with Crippen molar-refractivity contribution >= 4 is 87.0 Å². The minimum absolute atomic E-state index is 0.157. The Morgan fingerprint density at radius 2 is 1.31 bits per heavy atom. The van der Waals surface area contributed by atoms with Crippen molar-refractivity contribution in [2.24, 2.45) is 0 Å². The summed E-state index contributed by atoms with van der Waals surface area (Å²) in [6.45, 7) is 0.517. The van der Waals surface area contributed by atoms with E-state index in [4.69, 9.17) is 18.0 Å². The van der Waals surface area contributed by atoms with Gasteiger partial charge in [-0.05, 0) is 36.8 Å².